The molecule has 1 aliphatic rings. The summed E-state index contributed by atoms with van der Waals surface area (Å²) in [4.78, 5) is 16.4. The molecule has 0 unspecified atom stereocenters. The molecule has 0 saturated heterocycles. The van der Waals surface area contributed by atoms with Crippen molar-refractivity contribution in [3.05, 3.63) is 30.1 Å². The van der Waals surface area contributed by atoms with Crippen LogP contribution >= 0.6 is 0 Å². The van der Waals surface area contributed by atoms with Crippen LogP contribution in [0.2, 0.25) is 0 Å². The molecule has 1 saturated carbocycles. The fourth-order valence-corrected chi connectivity index (χ4v) is 2.60. The number of carbonyl (C=O) groups excluding carboxylic acids is 1. The SMILES string of the molecule is O=C(CCc1ccccn1)C1CCCCCC1. The minimum atomic E-state index is 0.334. The van der Waals surface area contributed by atoms with E-state index in [0.717, 1.165) is 25.0 Å². The number of pyridine rings is 1. The molecule has 92 valence electrons. The first-order valence-electron chi connectivity index (χ1n) is 6.79. The Balaban J connectivity index is 1.80. The van der Waals surface area contributed by atoms with Gasteiger partial charge in [0, 0.05) is 24.2 Å². The van der Waals surface area contributed by atoms with Crippen LogP contribution in [0.3, 0.4) is 0 Å². The molecule has 2 heteroatoms. The van der Waals surface area contributed by atoms with Gasteiger partial charge in [0.05, 0.1) is 0 Å². The van der Waals surface area contributed by atoms with Crippen LogP contribution < -0.4 is 0 Å². The van der Waals surface area contributed by atoms with Gasteiger partial charge in [0.2, 0.25) is 0 Å². The van der Waals surface area contributed by atoms with Gasteiger partial charge in [0.15, 0.2) is 0 Å². The molecule has 0 spiro atoms. The summed E-state index contributed by atoms with van der Waals surface area (Å²) in [5.41, 5.74) is 1.04. The van der Waals surface area contributed by atoms with Gasteiger partial charge in [-0.15, -0.1) is 0 Å². The van der Waals surface area contributed by atoms with Crippen LogP contribution in [0.1, 0.15) is 50.6 Å². The van der Waals surface area contributed by atoms with E-state index in [9.17, 15) is 4.79 Å². The third kappa shape index (κ3) is 3.95. The number of rotatable bonds is 4. The smallest absolute Gasteiger partial charge is 0.136 e. The highest BCUT2D eigenvalue weighted by molar-refractivity contribution is 5.81. The van der Waals surface area contributed by atoms with Crippen LogP contribution in [0, 0.1) is 5.92 Å². The van der Waals surface area contributed by atoms with E-state index in [0.29, 0.717) is 18.1 Å². The lowest BCUT2D eigenvalue weighted by Crippen LogP contribution is -2.14. The lowest BCUT2D eigenvalue weighted by Gasteiger charge is -2.12. The van der Waals surface area contributed by atoms with E-state index in [2.05, 4.69) is 4.98 Å². The third-order valence-electron chi connectivity index (χ3n) is 3.66. The van der Waals surface area contributed by atoms with Gasteiger partial charge in [0.25, 0.3) is 0 Å². The van der Waals surface area contributed by atoms with Crippen LogP contribution in [-0.2, 0) is 11.2 Å². The van der Waals surface area contributed by atoms with Gasteiger partial charge in [0.1, 0.15) is 5.78 Å². The van der Waals surface area contributed by atoms with Gasteiger partial charge >= 0.3 is 0 Å². The van der Waals surface area contributed by atoms with Crippen molar-refractivity contribution in [3.63, 3.8) is 0 Å². The Labute approximate surface area is 103 Å². The topological polar surface area (TPSA) is 30.0 Å². The first-order chi connectivity index (χ1) is 8.36. The summed E-state index contributed by atoms with van der Waals surface area (Å²) in [5.74, 6) is 0.791. The van der Waals surface area contributed by atoms with Crippen molar-refractivity contribution in [2.75, 3.05) is 0 Å². The maximum Gasteiger partial charge on any atom is 0.136 e. The molecular formula is C15H21NO. The average molecular weight is 231 g/mol. The summed E-state index contributed by atoms with van der Waals surface area (Å²) in [6, 6.07) is 5.90. The molecule has 1 heterocycles. The highest BCUT2D eigenvalue weighted by Crippen LogP contribution is 2.24. The van der Waals surface area contributed by atoms with Crippen molar-refractivity contribution >= 4 is 5.78 Å². The number of ketones is 1. The Bertz CT molecular complexity index is 339. The van der Waals surface area contributed by atoms with E-state index < -0.39 is 0 Å². The molecular weight excluding hydrogens is 210 g/mol. The van der Waals surface area contributed by atoms with Crippen molar-refractivity contribution in [1.29, 1.82) is 0 Å². The molecule has 0 atom stereocenters. The second kappa shape index (κ2) is 6.53. The Morgan fingerprint density at radius 2 is 1.94 bits per heavy atom. The number of hydrogen-bond donors (Lipinski definition) is 0. The largest absolute Gasteiger partial charge is 0.299 e. The molecule has 17 heavy (non-hydrogen) atoms. The number of aromatic nitrogens is 1. The third-order valence-corrected chi connectivity index (χ3v) is 3.66. The molecule has 0 aliphatic heterocycles. The monoisotopic (exact) mass is 231 g/mol. The van der Waals surface area contributed by atoms with Gasteiger partial charge in [-0.2, -0.15) is 0 Å². The summed E-state index contributed by atoms with van der Waals surface area (Å²) >= 11 is 0. The van der Waals surface area contributed by atoms with Crippen molar-refractivity contribution in [3.8, 4) is 0 Å². The second-order valence-corrected chi connectivity index (χ2v) is 4.98. The molecule has 2 nitrogen and oxygen atoms in total. The van der Waals surface area contributed by atoms with Crippen molar-refractivity contribution in [2.24, 2.45) is 5.92 Å². The Kier molecular flexibility index (Phi) is 4.72. The van der Waals surface area contributed by atoms with Crippen LogP contribution in [-0.4, -0.2) is 10.8 Å². The Morgan fingerprint density at radius 3 is 2.59 bits per heavy atom. The summed E-state index contributed by atoms with van der Waals surface area (Å²) < 4.78 is 0. The van der Waals surface area contributed by atoms with E-state index in [1.807, 2.05) is 18.2 Å². The molecule has 0 bridgehead atoms. The Hall–Kier alpha value is -1.18. The fourth-order valence-electron chi connectivity index (χ4n) is 2.60. The summed E-state index contributed by atoms with van der Waals surface area (Å²) in [7, 11) is 0. The number of carbonyl (C=O) groups is 1. The normalized spacial score (nSPS) is 17.6. The van der Waals surface area contributed by atoms with Gasteiger partial charge in [-0.25, -0.2) is 0 Å². The molecule has 1 aliphatic carbocycles. The summed E-state index contributed by atoms with van der Waals surface area (Å²) in [6.45, 7) is 0. The minimum absolute atomic E-state index is 0.334. The maximum absolute atomic E-state index is 12.1. The number of hydrogen-bond acceptors (Lipinski definition) is 2. The van der Waals surface area contributed by atoms with Crippen LogP contribution in [0.25, 0.3) is 0 Å². The zero-order valence-electron chi connectivity index (χ0n) is 10.4. The van der Waals surface area contributed by atoms with Gasteiger partial charge in [-0.1, -0.05) is 31.7 Å². The van der Waals surface area contributed by atoms with Crippen molar-refractivity contribution < 1.29 is 4.79 Å². The van der Waals surface area contributed by atoms with E-state index in [4.69, 9.17) is 0 Å². The predicted molar refractivity (Wildman–Crippen MR) is 68.8 cm³/mol. The molecule has 0 radical (unpaired) electrons. The fraction of sp³-hybridized carbons (Fsp3) is 0.600. The van der Waals surface area contributed by atoms with Crippen molar-refractivity contribution in [2.45, 2.75) is 51.4 Å². The first kappa shape index (κ1) is 12.3. The van der Waals surface area contributed by atoms with E-state index in [1.54, 1.807) is 6.20 Å². The lowest BCUT2D eigenvalue weighted by atomic mass is 9.92. The standard InChI is InChI=1S/C15H21NO/c17-15(13-7-3-1-2-4-8-13)11-10-14-9-5-6-12-16-14/h5-6,9,12-13H,1-4,7-8,10-11H2. The lowest BCUT2D eigenvalue weighted by molar-refractivity contribution is -0.123. The Morgan fingerprint density at radius 1 is 1.18 bits per heavy atom. The first-order valence-corrected chi connectivity index (χ1v) is 6.79. The van der Waals surface area contributed by atoms with Gasteiger partial charge < -0.3 is 0 Å². The maximum atomic E-state index is 12.1. The van der Waals surface area contributed by atoms with E-state index >= 15 is 0 Å². The van der Waals surface area contributed by atoms with Gasteiger partial charge in [-0.05, 0) is 31.4 Å². The second-order valence-electron chi connectivity index (χ2n) is 4.98. The minimum Gasteiger partial charge on any atom is -0.299 e. The van der Waals surface area contributed by atoms with Crippen LogP contribution in [0.5, 0.6) is 0 Å². The summed E-state index contributed by atoms with van der Waals surface area (Å²) in [6.07, 6.45) is 10.6. The molecule has 1 aromatic rings. The van der Waals surface area contributed by atoms with Crippen LogP contribution in [0.15, 0.2) is 24.4 Å². The zero-order chi connectivity index (χ0) is 11.9. The summed E-state index contributed by atoms with van der Waals surface area (Å²) in [5, 5.41) is 0. The number of nitrogens with zero attached hydrogens (tertiary/aromatic N) is 1. The molecule has 1 fully saturated rings. The number of Topliss-reactive ketones (excluding diaryl/α,β-unsaturated/α-hetero) is 1. The van der Waals surface area contributed by atoms with Crippen LogP contribution in [0.4, 0.5) is 0 Å². The highest BCUT2D eigenvalue weighted by atomic mass is 16.1. The number of aryl methyl sites for hydroxylation is 1. The molecule has 0 N–H and O–H groups in total. The van der Waals surface area contributed by atoms with Gasteiger partial charge in [-0.3, -0.25) is 9.78 Å². The quantitative estimate of drug-likeness (QED) is 0.742. The van der Waals surface area contributed by atoms with Crippen molar-refractivity contribution in [1.82, 2.24) is 4.98 Å². The molecule has 1 aromatic heterocycles. The molecule has 0 aromatic carbocycles. The molecule has 0 amide bonds. The van der Waals surface area contributed by atoms with E-state index in [-0.39, 0.29) is 0 Å². The average Bonchev–Trinajstić information content (AvgIpc) is 2.66. The molecule has 2 rings (SSSR count). The predicted octanol–water partition coefficient (Wildman–Crippen LogP) is 3.55. The zero-order valence-corrected chi connectivity index (χ0v) is 10.4. The highest BCUT2D eigenvalue weighted by Gasteiger charge is 2.19. The van der Waals surface area contributed by atoms with E-state index in [1.165, 1.54) is 25.7 Å².